The fourth-order valence-corrected chi connectivity index (χ4v) is 9.46. The van der Waals surface area contributed by atoms with E-state index in [1.54, 1.807) is 13.8 Å². The number of nitrogens with one attached hydrogen (secondary N) is 2. The second-order valence-electron chi connectivity index (χ2n) is 14.1. The van der Waals surface area contributed by atoms with Gasteiger partial charge < -0.3 is 14.6 Å². The van der Waals surface area contributed by atoms with Gasteiger partial charge in [0.2, 0.25) is 11.2 Å². The summed E-state index contributed by atoms with van der Waals surface area (Å²) < 4.78 is 148. The van der Waals surface area contributed by atoms with Crippen LogP contribution >= 0.6 is 0 Å². The standard InChI is InChI=1S/C39H33N9O15S4/c1-19-11-29(31(62-3)17-27(19)47-45-21-13-25-23(35(15-21)66(56,57)58)7-5-9-33(25)64(50,51)52)40-37-42-38(44-39(49)43-37)41-30-12-20(2)28(18-32(30)63-4)48-46-22-14-26-24(36(16-22)67(59,60)61)8-6-10-34(26)65(53,54)55/h5-18H,1-4H3,(H,50,51,52)(H,53,54,55)(H,56,57,58)(H,59,60,61)(H3,40,41,42,43,44,49). The van der Waals surface area contributed by atoms with Gasteiger partial charge in [-0.3, -0.25) is 28.2 Å². The molecule has 1 aromatic heterocycles. The highest BCUT2D eigenvalue weighted by Gasteiger charge is 2.23. The molecule has 0 bridgehead atoms. The molecule has 0 saturated carbocycles. The maximum atomic E-state index is 12.3. The number of aromatic hydroxyl groups is 1. The van der Waals surface area contributed by atoms with Gasteiger partial charge in [-0.15, -0.1) is 0 Å². The van der Waals surface area contributed by atoms with Crippen LogP contribution in [0.1, 0.15) is 11.1 Å². The summed E-state index contributed by atoms with van der Waals surface area (Å²) >= 11 is 0. The fourth-order valence-electron chi connectivity index (χ4n) is 6.62. The van der Waals surface area contributed by atoms with Crippen LogP contribution in [-0.2, 0) is 40.5 Å². The Bertz CT molecular complexity index is 3640. The number of hydrogen-bond donors (Lipinski definition) is 7. The van der Waals surface area contributed by atoms with Crippen LogP contribution in [0.25, 0.3) is 21.5 Å². The number of ether oxygens (including phenoxy) is 2. The van der Waals surface area contributed by atoms with Crippen LogP contribution in [0.2, 0.25) is 0 Å². The summed E-state index contributed by atoms with van der Waals surface area (Å²) in [6.45, 7) is 3.25. The van der Waals surface area contributed by atoms with Gasteiger partial charge in [0.15, 0.2) is 0 Å². The average molecular weight is 996 g/mol. The lowest BCUT2D eigenvalue weighted by Gasteiger charge is -2.10. The van der Waals surface area contributed by atoms with Crippen molar-refractivity contribution in [3.05, 3.63) is 107 Å². The van der Waals surface area contributed by atoms with E-state index in [9.17, 15) is 57.0 Å². The van der Waals surface area contributed by atoms with E-state index in [0.29, 0.717) is 11.1 Å². The second-order valence-corrected chi connectivity index (χ2v) is 19.7. The van der Waals surface area contributed by atoms with Crippen molar-refractivity contribution in [1.29, 1.82) is 0 Å². The molecule has 0 aliphatic carbocycles. The lowest BCUT2D eigenvalue weighted by Crippen LogP contribution is -2.26. The SMILES string of the molecule is COc1cc(N=Nc2cc(S(=O)(=O)O)c3cccc(S(=O)(=O)O)c3c2)c(C)cc1N=c1nc(O)[nH]c(=Nc2cc(C)c(N=Nc3cc(S(=O)(=O)O)c4cccc(S(=O)(=O)O)c4c3)cc2OC)[nH]1. The lowest BCUT2D eigenvalue weighted by atomic mass is 10.1. The van der Waals surface area contributed by atoms with E-state index in [1.165, 1.54) is 74.9 Å². The molecule has 7 N–H and O–H groups in total. The first kappa shape index (κ1) is 47.6. The van der Waals surface area contributed by atoms with Gasteiger partial charge in [0, 0.05) is 33.7 Å². The molecule has 7 rings (SSSR count). The molecule has 0 unspecified atom stereocenters. The van der Waals surface area contributed by atoms with Crippen LogP contribution in [-0.4, -0.2) is 86.2 Å². The Morgan fingerprint density at radius 1 is 0.493 bits per heavy atom. The topological polar surface area (TPSA) is 375 Å². The zero-order valence-electron chi connectivity index (χ0n) is 34.7. The molecule has 7 aromatic rings. The van der Waals surface area contributed by atoms with Gasteiger partial charge in [-0.1, -0.05) is 24.3 Å². The van der Waals surface area contributed by atoms with Crippen LogP contribution in [0.5, 0.6) is 17.5 Å². The van der Waals surface area contributed by atoms with Gasteiger partial charge in [0.25, 0.3) is 46.5 Å². The van der Waals surface area contributed by atoms with Gasteiger partial charge >= 0.3 is 0 Å². The molecule has 348 valence electrons. The lowest BCUT2D eigenvalue weighted by molar-refractivity contribution is 0.413. The largest absolute Gasteiger partial charge is 0.494 e. The molecular formula is C39H33N9O15S4. The zero-order chi connectivity index (χ0) is 48.8. The minimum absolute atomic E-state index is 0.0835. The Kier molecular flexibility index (Phi) is 12.7. The maximum absolute atomic E-state index is 12.3. The Labute approximate surface area is 378 Å². The Hall–Kier alpha value is -7.31. The van der Waals surface area contributed by atoms with Crippen molar-refractivity contribution < 1.29 is 66.5 Å². The molecular weight excluding hydrogens is 963 g/mol. The van der Waals surface area contributed by atoms with E-state index < -0.39 is 66.1 Å². The van der Waals surface area contributed by atoms with Crippen molar-refractivity contribution >= 4 is 96.1 Å². The maximum Gasteiger partial charge on any atom is 0.297 e. The molecule has 0 radical (unpaired) electrons. The van der Waals surface area contributed by atoms with Crippen LogP contribution in [0.4, 0.5) is 34.1 Å². The first-order valence-electron chi connectivity index (χ1n) is 18.6. The van der Waals surface area contributed by atoms with E-state index in [4.69, 9.17) is 9.47 Å². The molecule has 0 spiro atoms. The number of aromatic nitrogens is 3. The van der Waals surface area contributed by atoms with E-state index in [-0.39, 0.29) is 78.4 Å². The highest BCUT2D eigenvalue weighted by Crippen LogP contribution is 2.39. The Morgan fingerprint density at radius 3 is 1.31 bits per heavy atom. The minimum Gasteiger partial charge on any atom is -0.494 e. The van der Waals surface area contributed by atoms with E-state index in [2.05, 4.69) is 45.4 Å². The number of H-pyrrole nitrogens is 2. The second kappa shape index (κ2) is 17.8. The molecule has 0 aliphatic rings. The zero-order valence-corrected chi connectivity index (χ0v) is 37.9. The first-order valence-corrected chi connectivity index (χ1v) is 24.3. The van der Waals surface area contributed by atoms with Crippen molar-refractivity contribution in [3.63, 3.8) is 0 Å². The Morgan fingerprint density at radius 2 is 0.910 bits per heavy atom. The summed E-state index contributed by atoms with van der Waals surface area (Å²) in [7, 11) is -16.8. The molecule has 67 heavy (non-hydrogen) atoms. The molecule has 0 aliphatic heterocycles. The van der Waals surface area contributed by atoms with Gasteiger partial charge in [0.1, 0.15) is 42.5 Å². The first-order chi connectivity index (χ1) is 31.3. The molecule has 0 atom stereocenters. The predicted octanol–water partition coefficient (Wildman–Crippen LogP) is 6.67. The van der Waals surface area contributed by atoms with Crippen molar-refractivity contribution in [2.75, 3.05) is 14.2 Å². The summed E-state index contributed by atoms with van der Waals surface area (Å²) in [5.41, 5.74) is 0.956. The van der Waals surface area contributed by atoms with Crippen LogP contribution < -0.4 is 20.7 Å². The molecule has 0 saturated heterocycles. The van der Waals surface area contributed by atoms with Crippen molar-refractivity contribution in [2.24, 2.45) is 30.4 Å². The van der Waals surface area contributed by atoms with Crippen LogP contribution in [0.3, 0.4) is 0 Å². The number of azo groups is 2. The van der Waals surface area contributed by atoms with Gasteiger partial charge in [-0.05, 0) is 73.5 Å². The van der Waals surface area contributed by atoms with Crippen molar-refractivity contribution in [1.82, 2.24) is 15.0 Å². The van der Waals surface area contributed by atoms with Crippen LogP contribution in [0, 0.1) is 13.8 Å². The number of aryl methyl sites for hydroxylation is 2. The van der Waals surface area contributed by atoms with Crippen LogP contribution in [0.15, 0.2) is 135 Å². The number of rotatable bonds is 12. The number of benzene rings is 6. The number of methoxy groups -OCH3 is 2. The van der Waals surface area contributed by atoms with E-state index in [0.717, 1.165) is 24.3 Å². The van der Waals surface area contributed by atoms with Crippen molar-refractivity contribution in [2.45, 2.75) is 33.4 Å². The van der Waals surface area contributed by atoms with Gasteiger partial charge in [-0.25, -0.2) is 9.98 Å². The van der Waals surface area contributed by atoms with E-state index >= 15 is 0 Å². The normalized spacial score (nSPS) is 13.4. The predicted molar refractivity (Wildman–Crippen MR) is 236 cm³/mol. The average Bonchev–Trinajstić information content (AvgIpc) is 3.23. The number of fused-ring (bicyclic) bond motifs is 2. The summed E-state index contributed by atoms with van der Waals surface area (Å²) in [5.74, 6) is 0.242. The third kappa shape index (κ3) is 10.4. The molecule has 6 aromatic carbocycles. The smallest absolute Gasteiger partial charge is 0.297 e. The van der Waals surface area contributed by atoms with E-state index in [1.807, 2.05) is 0 Å². The number of nitrogens with zero attached hydrogens (tertiary/aromatic N) is 7. The summed E-state index contributed by atoms with van der Waals surface area (Å²) in [4.78, 5) is 15.7. The minimum atomic E-state index is -4.91. The van der Waals surface area contributed by atoms with Crippen molar-refractivity contribution in [3.8, 4) is 17.5 Å². The molecule has 1 heterocycles. The third-order valence-electron chi connectivity index (χ3n) is 9.59. The summed E-state index contributed by atoms with van der Waals surface area (Å²) in [5, 5.41) is 26.1. The highest BCUT2D eigenvalue weighted by molar-refractivity contribution is 7.87. The number of hydrogen-bond acceptors (Lipinski definition) is 18. The summed E-state index contributed by atoms with van der Waals surface area (Å²) in [6.07, 6.45) is 0. The monoisotopic (exact) mass is 995 g/mol. The molecule has 0 fully saturated rings. The molecule has 24 nitrogen and oxygen atoms in total. The number of aromatic amines is 2. The van der Waals surface area contributed by atoms with Gasteiger partial charge in [0.05, 0.1) is 37.0 Å². The third-order valence-corrected chi connectivity index (χ3v) is 13.2. The highest BCUT2D eigenvalue weighted by atomic mass is 32.2. The molecule has 0 amide bonds. The fraction of sp³-hybridized carbons (Fsp3) is 0.103. The quantitative estimate of drug-likeness (QED) is 0.0496. The summed E-state index contributed by atoms with van der Waals surface area (Å²) in [6, 6.07) is 16.5. The van der Waals surface area contributed by atoms with Gasteiger partial charge in [-0.2, -0.15) is 59.1 Å². The Balaban J connectivity index is 1.23. The molecule has 28 heteroatoms.